The second-order valence-corrected chi connectivity index (χ2v) is 5.88. The second-order valence-electron chi connectivity index (χ2n) is 5.88. The van der Waals surface area contributed by atoms with E-state index in [1.165, 1.54) is 12.1 Å². The predicted octanol–water partition coefficient (Wildman–Crippen LogP) is 0.995. The normalized spacial score (nSPS) is 19.0. The first-order valence-corrected chi connectivity index (χ1v) is 7.63. The van der Waals surface area contributed by atoms with Crippen LogP contribution in [0.25, 0.3) is 0 Å². The van der Waals surface area contributed by atoms with Crippen molar-refractivity contribution in [3.63, 3.8) is 0 Å². The largest absolute Gasteiger partial charge is 0.369 e. The van der Waals surface area contributed by atoms with Crippen LogP contribution in [0.2, 0.25) is 0 Å². The average molecular weight is 304 g/mol. The maximum atomic E-state index is 11.8. The Morgan fingerprint density at radius 2 is 1.82 bits per heavy atom. The lowest BCUT2D eigenvalue weighted by Crippen LogP contribution is -2.49. The standard InChI is InChI=1S/C15H20N4O3/c20-15(16-12-1-2-12)11-17-7-9-18(10-8-17)13-3-5-14(6-4-13)19(21)22/h3-6,12H,1-2,7-11H2,(H,16,20). The van der Waals surface area contributed by atoms with Crippen LogP contribution in [0, 0.1) is 10.1 Å². The molecule has 1 aliphatic heterocycles. The van der Waals surface area contributed by atoms with Gasteiger partial charge in [0.15, 0.2) is 0 Å². The first kappa shape index (κ1) is 14.8. The van der Waals surface area contributed by atoms with Gasteiger partial charge in [-0.2, -0.15) is 0 Å². The molecule has 1 saturated heterocycles. The zero-order chi connectivity index (χ0) is 15.5. The van der Waals surface area contributed by atoms with E-state index in [1.54, 1.807) is 12.1 Å². The monoisotopic (exact) mass is 304 g/mol. The first-order valence-electron chi connectivity index (χ1n) is 7.63. The Bertz CT molecular complexity index is 548. The number of benzene rings is 1. The van der Waals surface area contributed by atoms with Crippen molar-refractivity contribution < 1.29 is 9.72 Å². The van der Waals surface area contributed by atoms with Crippen LogP contribution in [0.3, 0.4) is 0 Å². The Hall–Kier alpha value is -2.15. The van der Waals surface area contributed by atoms with Crippen LogP contribution in [0.5, 0.6) is 0 Å². The number of non-ortho nitro benzene ring substituents is 1. The molecule has 1 amide bonds. The number of hydrogen-bond donors (Lipinski definition) is 1. The lowest BCUT2D eigenvalue weighted by atomic mass is 10.2. The van der Waals surface area contributed by atoms with Crippen molar-refractivity contribution in [1.82, 2.24) is 10.2 Å². The molecule has 2 fully saturated rings. The van der Waals surface area contributed by atoms with Crippen LogP contribution in [0.1, 0.15) is 12.8 Å². The Balaban J connectivity index is 1.48. The van der Waals surface area contributed by atoms with Gasteiger partial charge in [-0.15, -0.1) is 0 Å². The molecule has 3 rings (SSSR count). The summed E-state index contributed by atoms with van der Waals surface area (Å²) in [5.41, 5.74) is 1.10. The molecule has 7 heteroatoms. The van der Waals surface area contributed by atoms with Crippen molar-refractivity contribution in [2.24, 2.45) is 0 Å². The summed E-state index contributed by atoms with van der Waals surface area (Å²) in [5, 5.41) is 13.7. The van der Waals surface area contributed by atoms with Gasteiger partial charge >= 0.3 is 0 Å². The number of rotatable bonds is 5. The third-order valence-electron chi connectivity index (χ3n) is 4.11. The van der Waals surface area contributed by atoms with Crippen LogP contribution in [0.15, 0.2) is 24.3 Å². The quantitative estimate of drug-likeness (QED) is 0.648. The number of piperazine rings is 1. The van der Waals surface area contributed by atoms with Crippen molar-refractivity contribution in [3.8, 4) is 0 Å². The highest BCUT2D eigenvalue weighted by atomic mass is 16.6. The maximum absolute atomic E-state index is 11.8. The summed E-state index contributed by atoms with van der Waals surface area (Å²) in [6.45, 7) is 3.78. The number of nitro groups is 1. The molecule has 7 nitrogen and oxygen atoms in total. The SMILES string of the molecule is O=C(CN1CCN(c2ccc([N+](=O)[O-])cc2)CC1)NC1CC1. The minimum absolute atomic E-state index is 0.110. The van der Waals surface area contributed by atoms with E-state index >= 15 is 0 Å². The van der Waals surface area contributed by atoms with Crippen LogP contribution >= 0.6 is 0 Å². The van der Waals surface area contributed by atoms with Gasteiger partial charge in [0.1, 0.15) is 0 Å². The molecule has 0 bridgehead atoms. The molecule has 0 radical (unpaired) electrons. The highest BCUT2D eigenvalue weighted by Crippen LogP contribution is 2.21. The molecular weight excluding hydrogens is 284 g/mol. The molecule has 0 aromatic heterocycles. The van der Waals surface area contributed by atoms with E-state index in [1.807, 2.05) is 0 Å². The molecule has 22 heavy (non-hydrogen) atoms. The molecule has 1 N–H and O–H groups in total. The fourth-order valence-corrected chi connectivity index (χ4v) is 2.65. The van der Waals surface area contributed by atoms with Crippen molar-refractivity contribution in [2.75, 3.05) is 37.6 Å². The molecule has 1 heterocycles. The van der Waals surface area contributed by atoms with E-state index in [0.717, 1.165) is 44.7 Å². The third kappa shape index (κ3) is 3.73. The van der Waals surface area contributed by atoms with Gasteiger partial charge in [-0.25, -0.2) is 0 Å². The van der Waals surface area contributed by atoms with Crippen LogP contribution in [-0.4, -0.2) is 54.5 Å². The Morgan fingerprint density at radius 3 is 2.36 bits per heavy atom. The fourth-order valence-electron chi connectivity index (χ4n) is 2.65. The molecule has 2 aliphatic rings. The predicted molar refractivity (Wildman–Crippen MR) is 82.9 cm³/mol. The third-order valence-corrected chi connectivity index (χ3v) is 4.11. The number of nitrogens with zero attached hydrogens (tertiary/aromatic N) is 3. The van der Waals surface area contributed by atoms with Gasteiger partial charge in [0.05, 0.1) is 11.5 Å². The summed E-state index contributed by atoms with van der Waals surface area (Å²) >= 11 is 0. The number of nitrogens with one attached hydrogen (secondary N) is 1. The Labute approximate surface area is 129 Å². The number of carbonyl (C=O) groups is 1. The van der Waals surface area contributed by atoms with Gasteiger partial charge in [-0.3, -0.25) is 19.8 Å². The lowest BCUT2D eigenvalue weighted by Gasteiger charge is -2.35. The van der Waals surface area contributed by atoms with E-state index in [0.29, 0.717) is 12.6 Å². The summed E-state index contributed by atoms with van der Waals surface area (Å²) in [5.74, 6) is 0.117. The summed E-state index contributed by atoms with van der Waals surface area (Å²) in [6.07, 6.45) is 2.22. The molecule has 118 valence electrons. The molecular formula is C15H20N4O3. The van der Waals surface area contributed by atoms with Crippen LogP contribution in [-0.2, 0) is 4.79 Å². The number of anilines is 1. The van der Waals surface area contributed by atoms with Gasteiger partial charge in [0, 0.05) is 50.0 Å². The summed E-state index contributed by atoms with van der Waals surface area (Å²) in [6, 6.07) is 7.05. The molecule has 1 aromatic carbocycles. The van der Waals surface area contributed by atoms with Crippen LogP contribution < -0.4 is 10.2 Å². The van der Waals surface area contributed by atoms with Gasteiger partial charge in [-0.05, 0) is 25.0 Å². The van der Waals surface area contributed by atoms with Crippen molar-refractivity contribution in [3.05, 3.63) is 34.4 Å². The fraction of sp³-hybridized carbons (Fsp3) is 0.533. The highest BCUT2D eigenvalue weighted by molar-refractivity contribution is 5.78. The first-order chi connectivity index (χ1) is 10.6. The van der Waals surface area contributed by atoms with E-state index in [4.69, 9.17) is 0 Å². The number of amides is 1. The van der Waals surface area contributed by atoms with Gasteiger partial charge in [-0.1, -0.05) is 0 Å². The molecule has 1 aromatic rings. The molecule has 0 unspecified atom stereocenters. The topological polar surface area (TPSA) is 78.7 Å². The van der Waals surface area contributed by atoms with E-state index in [2.05, 4.69) is 15.1 Å². The smallest absolute Gasteiger partial charge is 0.269 e. The second kappa shape index (κ2) is 6.31. The molecule has 1 aliphatic carbocycles. The van der Waals surface area contributed by atoms with Gasteiger partial charge in [0.2, 0.25) is 5.91 Å². The minimum atomic E-state index is -0.389. The number of hydrogen-bond acceptors (Lipinski definition) is 5. The lowest BCUT2D eigenvalue weighted by molar-refractivity contribution is -0.384. The number of carbonyl (C=O) groups excluding carboxylic acids is 1. The zero-order valence-electron chi connectivity index (χ0n) is 12.4. The van der Waals surface area contributed by atoms with E-state index in [-0.39, 0.29) is 16.5 Å². The zero-order valence-corrected chi connectivity index (χ0v) is 12.4. The highest BCUT2D eigenvalue weighted by Gasteiger charge is 2.25. The van der Waals surface area contributed by atoms with Crippen LogP contribution in [0.4, 0.5) is 11.4 Å². The van der Waals surface area contributed by atoms with E-state index < -0.39 is 0 Å². The Morgan fingerprint density at radius 1 is 1.18 bits per heavy atom. The molecule has 0 spiro atoms. The molecule has 1 saturated carbocycles. The van der Waals surface area contributed by atoms with Crippen molar-refractivity contribution in [1.29, 1.82) is 0 Å². The Kier molecular flexibility index (Phi) is 4.24. The summed E-state index contributed by atoms with van der Waals surface area (Å²) in [4.78, 5) is 26.4. The van der Waals surface area contributed by atoms with Crippen molar-refractivity contribution >= 4 is 17.3 Å². The van der Waals surface area contributed by atoms with Gasteiger partial charge in [0.25, 0.3) is 5.69 Å². The summed E-state index contributed by atoms with van der Waals surface area (Å²) < 4.78 is 0. The minimum Gasteiger partial charge on any atom is -0.369 e. The number of nitro benzene ring substituents is 1. The maximum Gasteiger partial charge on any atom is 0.269 e. The summed E-state index contributed by atoms with van der Waals surface area (Å²) in [7, 11) is 0. The molecule has 0 atom stereocenters. The van der Waals surface area contributed by atoms with E-state index in [9.17, 15) is 14.9 Å². The average Bonchev–Trinajstić information content (AvgIpc) is 3.32. The van der Waals surface area contributed by atoms with Crippen molar-refractivity contribution in [2.45, 2.75) is 18.9 Å². The van der Waals surface area contributed by atoms with Gasteiger partial charge < -0.3 is 10.2 Å².